The Morgan fingerprint density at radius 1 is 1.26 bits per heavy atom. The van der Waals surface area contributed by atoms with Crippen molar-refractivity contribution >= 4 is 0 Å². The first-order valence-corrected chi connectivity index (χ1v) is 8.15. The maximum atomic E-state index is 5.95. The molecule has 0 saturated carbocycles. The monoisotopic (exact) mass is 315 g/mol. The minimum atomic E-state index is 0.312. The van der Waals surface area contributed by atoms with Gasteiger partial charge >= 0.3 is 0 Å². The van der Waals surface area contributed by atoms with Gasteiger partial charge in [0.25, 0.3) is 5.89 Å². The summed E-state index contributed by atoms with van der Waals surface area (Å²) in [4.78, 5) is 2.48. The first-order valence-electron chi connectivity index (χ1n) is 8.15. The van der Waals surface area contributed by atoms with Gasteiger partial charge in [0.05, 0.1) is 18.6 Å². The van der Waals surface area contributed by atoms with Gasteiger partial charge in [0.1, 0.15) is 5.75 Å². The quantitative estimate of drug-likeness (QED) is 0.863. The van der Waals surface area contributed by atoms with E-state index in [4.69, 9.17) is 9.15 Å². The van der Waals surface area contributed by atoms with Gasteiger partial charge in [-0.2, -0.15) is 0 Å². The molecule has 1 aliphatic rings. The number of hydrogen-bond acceptors (Lipinski definition) is 5. The summed E-state index contributed by atoms with van der Waals surface area (Å²) in [6.07, 6.45) is 1.07. The Morgan fingerprint density at radius 3 is 2.78 bits per heavy atom. The summed E-state index contributed by atoms with van der Waals surface area (Å²) in [5, 5.41) is 8.51. The van der Waals surface area contributed by atoms with E-state index in [1.54, 1.807) is 7.11 Å². The molecule has 2 aromatic rings. The van der Waals surface area contributed by atoms with Crippen molar-refractivity contribution in [2.75, 3.05) is 26.7 Å². The van der Waals surface area contributed by atoms with Crippen LogP contribution in [0.5, 0.6) is 5.75 Å². The Bertz CT molecular complexity index is 660. The van der Waals surface area contributed by atoms with Crippen molar-refractivity contribution in [2.45, 2.75) is 33.1 Å². The summed E-state index contributed by atoms with van der Waals surface area (Å²) >= 11 is 0. The normalized spacial score (nSPS) is 19.2. The minimum Gasteiger partial charge on any atom is -0.496 e. The number of nitrogens with zero attached hydrogens (tertiary/aromatic N) is 3. The van der Waals surface area contributed by atoms with Crippen LogP contribution in [-0.4, -0.2) is 41.8 Å². The molecule has 1 aliphatic heterocycles. The molecule has 5 heteroatoms. The molecule has 1 fully saturated rings. The molecular formula is C18H25N3O2. The number of para-hydroxylation sites is 1. The zero-order valence-corrected chi connectivity index (χ0v) is 14.4. The maximum absolute atomic E-state index is 5.95. The zero-order valence-electron chi connectivity index (χ0n) is 14.4. The Labute approximate surface area is 137 Å². The third kappa shape index (κ3) is 3.72. The Morgan fingerprint density at radius 2 is 2.04 bits per heavy atom. The van der Waals surface area contributed by atoms with Crippen LogP contribution in [0.2, 0.25) is 0 Å². The standard InChI is InChI=1S/C18H25N3O2/c1-18(2,3)12-21-10-9-13(11-21)16-19-20-17(23-16)14-7-5-6-8-15(14)22-4/h5-8,13H,9-12H2,1-4H3. The van der Waals surface area contributed by atoms with Crippen molar-refractivity contribution in [3.63, 3.8) is 0 Å². The fraction of sp³-hybridized carbons (Fsp3) is 0.556. The Balaban J connectivity index is 1.73. The van der Waals surface area contributed by atoms with Gasteiger partial charge in [-0.3, -0.25) is 0 Å². The highest BCUT2D eigenvalue weighted by molar-refractivity contribution is 5.62. The van der Waals surface area contributed by atoms with Crippen molar-refractivity contribution < 1.29 is 9.15 Å². The molecule has 0 N–H and O–H groups in total. The van der Waals surface area contributed by atoms with Crippen molar-refractivity contribution in [3.05, 3.63) is 30.2 Å². The van der Waals surface area contributed by atoms with Gasteiger partial charge in [0.15, 0.2) is 0 Å². The van der Waals surface area contributed by atoms with Gasteiger partial charge in [-0.25, -0.2) is 0 Å². The largest absolute Gasteiger partial charge is 0.496 e. The molecule has 5 nitrogen and oxygen atoms in total. The van der Waals surface area contributed by atoms with E-state index in [0.717, 1.165) is 43.3 Å². The Hall–Kier alpha value is -1.88. The highest BCUT2D eigenvalue weighted by Gasteiger charge is 2.30. The van der Waals surface area contributed by atoms with Gasteiger partial charge in [-0.15, -0.1) is 10.2 Å². The number of rotatable bonds is 4. The van der Waals surface area contributed by atoms with Crippen LogP contribution in [0.1, 0.15) is 39.0 Å². The lowest BCUT2D eigenvalue weighted by atomic mass is 9.96. The first kappa shape index (κ1) is 16.0. The third-order valence-electron chi connectivity index (χ3n) is 4.10. The summed E-state index contributed by atoms with van der Waals surface area (Å²) in [7, 11) is 1.65. The zero-order chi connectivity index (χ0) is 16.4. The summed E-state index contributed by atoms with van der Waals surface area (Å²) in [5.74, 6) is 2.35. The summed E-state index contributed by atoms with van der Waals surface area (Å²) < 4.78 is 11.3. The van der Waals surface area contributed by atoms with Gasteiger partial charge in [-0.05, 0) is 30.5 Å². The first-order chi connectivity index (χ1) is 11.0. The maximum Gasteiger partial charge on any atom is 0.251 e. The molecule has 1 aromatic carbocycles. The molecule has 1 saturated heterocycles. The van der Waals surface area contributed by atoms with Crippen LogP contribution in [0.25, 0.3) is 11.5 Å². The van der Waals surface area contributed by atoms with Crippen LogP contribution < -0.4 is 4.74 Å². The Kier molecular flexibility index (Phi) is 4.39. The van der Waals surface area contributed by atoms with Gasteiger partial charge < -0.3 is 14.1 Å². The minimum absolute atomic E-state index is 0.312. The summed E-state index contributed by atoms with van der Waals surface area (Å²) in [6, 6.07) is 7.72. The lowest BCUT2D eigenvalue weighted by molar-refractivity contribution is 0.223. The van der Waals surface area contributed by atoms with Crippen molar-refractivity contribution in [2.24, 2.45) is 5.41 Å². The van der Waals surface area contributed by atoms with Crippen LogP contribution in [0.15, 0.2) is 28.7 Å². The van der Waals surface area contributed by atoms with E-state index in [0.29, 0.717) is 17.2 Å². The summed E-state index contributed by atoms with van der Waals surface area (Å²) in [6.45, 7) is 9.99. The van der Waals surface area contributed by atoms with Gasteiger partial charge in [0, 0.05) is 13.1 Å². The fourth-order valence-electron chi connectivity index (χ4n) is 3.18. The predicted octanol–water partition coefficient (Wildman–Crippen LogP) is 3.58. The molecule has 2 heterocycles. The molecule has 23 heavy (non-hydrogen) atoms. The lowest BCUT2D eigenvalue weighted by Crippen LogP contribution is -2.30. The van der Waals surface area contributed by atoms with E-state index < -0.39 is 0 Å². The van der Waals surface area contributed by atoms with E-state index in [-0.39, 0.29) is 0 Å². The van der Waals surface area contributed by atoms with Crippen LogP contribution in [0, 0.1) is 5.41 Å². The average Bonchev–Trinajstić information content (AvgIpc) is 3.14. The van der Waals surface area contributed by atoms with Gasteiger partial charge in [-0.1, -0.05) is 32.9 Å². The van der Waals surface area contributed by atoms with E-state index in [2.05, 4.69) is 35.9 Å². The molecule has 1 unspecified atom stereocenters. The lowest BCUT2D eigenvalue weighted by Gasteiger charge is -2.25. The predicted molar refractivity (Wildman–Crippen MR) is 89.5 cm³/mol. The highest BCUT2D eigenvalue weighted by atomic mass is 16.5. The SMILES string of the molecule is COc1ccccc1-c1nnc(C2CCN(CC(C)(C)C)C2)o1. The highest BCUT2D eigenvalue weighted by Crippen LogP contribution is 2.33. The third-order valence-corrected chi connectivity index (χ3v) is 4.10. The van der Waals surface area contributed by atoms with Crippen molar-refractivity contribution in [1.82, 2.24) is 15.1 Å². The summed E-state index contributed by atoms with van der Waals surface area (Å²) in [5.41, 5.74) is 1.16. The van der Waals surface area contributed by atoms with Crippen molar-refractivity contribution in [3.8, 4) is 17.2 Å². The number of aromatic nitrogens is 2. The molecule has 0 amide bonds. The molecule has 0 radical (unpaired) electrons. The molecule has 0 spiro atoms. The van der Waals surface area contributed by atoms with Crippen LogP contribution in [0.3, 0.4) is 0 Å². The van der Waals surface area contributed by atoms with Crippen LogP contribution in [0.4, 0.5) is 0 Å². The number of likely N-dealkylation sites (tertiary alicyclic amines) is 1. The van der Waals surface area contributed by atoms with E-state index in [9.17, 15) is 0 Å². The number of benzene rings is 1. The van der Waals surface area contributed by atoms with E-state index in [1.165, 1.54) is 0 Å². The average molecular weight is 315 g/mol. The molecule has 1 atom stereocenters. The molecule has 3 rings (SSSR count). The molecular weight excluding hydrogens is 290 g/mol. The number of methoxy groups -OCH3 is 1. The second-order valence-electron chi connectivity index (χ2n) is 7.43. The van der Waals surface area contributed by atoms with Crippen LogP contribution in [-0.2, 0) is 0 Å². The molecule has 1 aromatic heterocycles. The van der Waals surface area contributed by atoms with E-state index in [1.807, 2.05) is 24.3 Å². The molecule has 124 valence electrons. The fourth-order valence-corrected chi connectivity index (χ4v) is 3.18. The second kappa shape index (κ2) is 6.32. The van der Waals surface area contributed by atoms with E-state index >= 15 is 0 Å². The number of ether oxygens (including phenoxy) is 1. The topological polar surface area (TPSA) is 51.4 Å². The van der Waals surface area contributed by atoms with Gasteiger partial charge in [0.2, 0.25) is 5.89 Å². The van der Waals surface area contributed by atoms with Crippen molar-refractivity contribution in [1.29, 1.82) is 0 Å². The molecule has 0 bridgehead atoms. The smallest absolute Gasteiger partial charge is 0.251 e. The number of hydrogen-bond donors (Lipinski definition) is 0. The molecule has 0 aliphatic carbocycles. The second-order valence-corrected chi connectivity index (χ2v) is 7.43. The van der Waals surface area contributed by atoms with Crippen LogP contribution >= 0.6 is 0 Å².